The first-order chi connectivity index (χ1) is 48.5. The highest BCUT2D eigenvalue weighted by atomic mass is 16.3. The van der Waals surface area contributed by atoms with Gasteiger partial charge in [0.15, 0.2) is 17.5 Å². The normalized spacial score (nSPS) is 12.1. The van der Waals surface area contributed by atoms with Gasteiger partial charge in [-0.2, -0.15) is 0 Å². The number of hydrogen-bond acceptors (Lipinski definition) is 7. The number of nitrogens with zero attached hydrogens (tertiary/aromatic N) is 6. The van der Waals surface area contributed by atoms with Crippen LogP contribution in [-0.2, 0) is 0 Å². The van der Waals surface area contributed by atoms with Crippen molar-refractivity contribution >= 4 is 137 Å². The second kappa shape index (κ2) is 20.7. The van der Waals surface area contributed by atoms with Crippen molar-refractivity contribution in [3.8, 4) is 78.9 Å². The maximum Gasteiger partial charge on any atom is 0.213 e. The largest absolute Gasteiger partial charge is 0.456 e. The predicted octanol–water partition coefficient (Wildman–Crippen LogP) is 24.2. The zero-order valence-corrected chi connectivity index (χ0v) is 52.0. The van der Waals surface area contributed by atoms with E-state index in [0.717, 1.165) is 182 Å². The third kappa shape index (κ3) is 7.92. The van der Waals surface area contributed by atoms with Crippen LogP contribution in [0.25, 0.3) is 215 Å². The number of aromatic nitrogens is 5. The van der Waals surface area contributed by atoms with Crippen LogP contribution in [0.15, 0.2) is 309 Å². The molecule has 7 heterocycles. The quantitative estimate of drug-likeness (QED) is 0.140. The molecule has 0 N–H and O–H groups in total. The first kappa shape index (κ1) is 53.8. The molecule has 21 aromatic rings. The molecular weight excluding hydrogens is 1210 g/mol. The molecule has 454 valence electrons. The molecule has 14 aromatic carbocycles. The van der Waals surface area contributed by atoms with Crippen molar-refractivity contribution in [3.63, 3.8) is 0 Å². The smallest absolute Gasteiger partial charge is 0.213 e. The van der Waals surface area contributed by atoms with Gasteiger partial charge >= 0.3 is 0 Å². The fourth-order valence-corrected chi connectivity index (χ4v) is 15.4. The van der Waals surface area contributed by atoms with Crippen LogP contribution in [0.3, 0.4) is 0 Å². The number of rotatable bonds is 8. The monoisotopic (exact) mass is 1250 g/mol. The van der Waals surface area contributed by atoms with E-state index in [0.29, 0.717) is 34.4 Å². The van der Waals surface area contributed by atoms with E-state index in [2.05, 4.69) is 197 Å². The molecule has 0 bridgehead atoms. The average molecular weight is 1250 g/mol. The lowest BCUT2D eigenvalue weighted by molar-refractivity contribution is 0.668. The number of furan rings is 4. The van der Waals surface area contributed by atoms with E-state index in [9.17, 15) is 6.57 Å². The van der Waals surface area contributed by atoms with E-state index in [1.165, 1.54) is 0 Å². The zero-order chi connectivity index (χ0) is 64.3. The van der Waals surface area contributed by atoms with E-state index >= 15 is 0 Å². The Balaban J connectivity index is 0.948. The van der Waals surface area contributed by atoms with Crippen LogP contribution in [0.5, 0.6) is 0 Å². The lowest BCUT2D eigenvalue weighted by Gasteiger charge is -2.25. The van der Waals surface area contributed by atoms with Crippen molar-refractivity contribution in [1.82, 2.24) is 24.1 Å². The van der Waals surface area contributed by atoms with Crippen molar-refractivity contribution in [2.75, 3.05) is 0 Å². The van der Waals surface area contributed by atoms with Gasteiger partial charge in [0.2, 0.25) is 5.69 Å². The molecule has 0 saturated carbocycles. The fraction of sp³-hybridized carbons (Fsp3) is 0. The minimum Gasteiger partial charge on any atom is -0.456 e. The van der Waals surface area contributed by atoms with Crippen LogP contribution in [0.4, 0.5) is 5.69 Å². The van der Waals surface area contributed by atoms with Crippen LogP contribution in [0.1, 0.15) is 0 Å². The Morgan fingerprint density at radius 1 is 0.265 bits per heavy atom. The average Bonchev–Trinajstić information content (AvgIpc) is 1.37. The Hall–Kier alpha value is -13.6. The summed E-state index contributed by atoms with van der Waals surface area (Å²) in [5.41, 5.74) is 19.4. The number of hydrogen-bond donors (Lipinski definition) is 0. The molecule has 7 aromatic heterocycles. The number of para-hydroxylation sites is 4. The minimum atomic E-state index is 0.354. The third-order valence-electron chi connectivity index (χ3n) is 19.8. The van der Waals surface area contributed by atoms with Gasteiger partial charge in [0.1, 0.15) is 44.7 Å². The lowest BCUT2D eigenvalue weighted by atomic mass is 9.93. The summed E-state index contributed by atoms with van der Waals surface area (Å²) in [5.74, 6) is 1.24. The Morgan fingerprint density at radius 3 is 1.10 bits per heavy atom. The molecule has 0 fully saturated rings. The predicted molar refractivity (Wildman–Crippen MR) is 396 cm³/mol. The molecule has 0 atom stereocenters. The Labute approximate surface area is 557 Å². The van der Waals surface area contributed by atoms with E-state index < -0.39 is 0 Å². The maximum atomic E-state index is 9.84. The van der Waals surface area contributed by atoms with Crippen molar-refractivity contribution in [2.45, 2.75) is 0 Å². The van der Waals surface area contributed by atoms with Crippen LogP contribution < -0.4 is 0 Å². The van der Waals surface area contributed by atoms with Crippen molar-refractivity contribution < 1.29 is 17.7 Å². The topological polar surface area (TPSA) is 105 Å². The van der Waals surface area contributed by atoms with Gasteiger partial charge in [-0.15, -0.1) is 0 Å². The van der Waals surface area contributed by atoms with Gasteiger partial charge in [-0.3, -0.25) is 0 Å². The summed E-state index contributed by atoms with van der Waals surface area (Å²) < 4.78 is 31.7. The van der Waals surface area contributed by atoms with E-state index in [-0.39, 0.29) is 0 Å². The van der Waals surface area contributed by atoms with Crippen LogP contribution >= 0.6 is 0 Å². The summed E-state index contributed by atoms with van der Waals surface area (Å²) in [4.78, 5) is 21.5. The molecular formula is C88H48N6O4. The maximum absolute atomic E-state index is 9.84. The molecule has 21 rings (SSSR count). The standard InChI is InChI=1S/C88H48N6O4/c1-89-68-49-67(88-91-86(55-35-43-77-63(47-55)59-27-13-15-29-73(59)95-77)90-87(92-88)56-36-44-78-64(48-56)60-28-14-16-30-74(60)96-78)79(52-23-9-4-10-24-52)83(94-70-40-34-54(51-21-7-3-8-22-51)46-66(70)81-72(94)42-38-62-58-26-12-18-32-76(58)98-85(62)81)82(68)93-69-39-33-53(50-19-5-2-6-20-50)45-65(69)80-71(93)41-37-61-57-25-11-17-31-75(57)97-84(61)80/h2-49H. The van der Waals surface area contributed by atoms with Crippen molar-refractivity contribution in [2.24, 2.45) is 0 Å². The summed E-state index contributed by atoms with van der Waals surface area (Å²) in [7, 11) is 0. The van der Waals surface area contributed by atoms with Gasteiger partial charge < -0.3 is 26.8 Å². The molecule has 98 heavy (non-hydrogen) atoms. The minimum absolute atomic E-state index is 0.354. The second-order valence-electron chi connectivity index (χ2n) is 25.2. The summed E-state index contributed by atoms with van der Waals surface area (Å²) in [6.45, 7) is 9.84. The summed E-state index contributed by atoms with van der Waals surface area (Å²) in [5, 5.41) is 11.7. The van der Waals surface area contributed by atoms with Crippen molar-refractivity contribution in [3.05, 3.63) is 303 Å². The molecule has 0 unspecified atom stereocenters. The molecule has 0 aliphatic rings. The lowest BCUT2D eigenvalue weighted by Crippen LogP contribution is -2.09. The molecule has 0 spiro atoms. The van der Waals surface area contributed by atoms with E-state index in [1.807, 2.05) is 103 Å². The Kier molecular flexibility index (Phi) is 11.4. The fourth-order valence-electron chi connectivity index (χ4n) is 15.4. The Bertz CT molecular complexity index is 6870. The van der Waals surface area contributed by atoms with Gasteiger partial charge in [-0.1, -0.05) is 176 Å². The first-order valence-corrected chi connectivity index (χ1v) is 32.7. The molecule has 0 aliphatic heterocycles. The summed E-state index contributed by atoms with van der Waals surface area (Å²) >= 11 is 0. The van der Waals surface area contributed by atoms with Gasteiger partial charge in [0.05, 0.1) is 50.8 Å². The van der Waals surface area contributed by atoms with Gasteiger partial charge in [0, 0.05) is 76.1 Å². The second-order valence-corrected chi connectivity index (χ2v) is 25.2. The van der Waals surface area contributed by atoms with E-state index in [1.54, 1.807) is 0 Å². The molecule has 10 heteroatoms. The molecule has 10 nitrogen and oxygen atoms in total. The first-order valence-electron chi connectivity index (χ1n) is 32.7. The SMILES string of the molecule is [C-]#[N+]c1cc(-c2nc(-c3ccc4oc5ccccc5c4c3)nc(-c3ccc4oc5ccccc5c4c3)n2)c(-c2ccccc2)c(-n2c3ccc(-c4ccccc4)cc3c3c4oc5ccccc5c4ccc32)c1-n1c2ccc(-c3ccccc3)cc2c2c3oc4ccccc4c3ccc21. The van der Waals surface area contributed by atoms with Crippen LogP contribution in [0, 0.1) is 6.57 Å². The zero-order valence-electron chi connectivity index (χ0n) is 52.0. The summed E-state index contributed by atoms with van der Waals surface area (Å²) in [6.07, 6.45) is 0. The molecule has 0 amide bonds. The molecule has 0 aliphatic carbocycles. The van der Waals surface area contributed by atoms with E-state index in [4.69, 9.17) is 37.5 Å². The number of benzene rings is 14. The van der Waals surface area contributed by atoms with Gasteiger partial charge in [-0.05, 0) is 143 Å². The van der Waals surface area contributed by atoms with Gasteiger partial charge in [-0.25, -0.2) is 19.8 Å². The molecule has 0 radical (unpaired) electrons. The highest BCUT2D eigenvalue weighted by Gasteiger charge is 2.32. The van der Waals surface area contributed by atoms with Crippen molar-refractivity contribution in [1.29, 1.82) is 0 Å². The van der Waals surface area contributed by atoms with Gasteiger partial charge in [0.25, 0.3) is 0 Å². The highest BCUT2D eigenvalue weighted by Crippen LogP contribution is 2.53. The molecule has 0 saturated heterocycles. The summed E-state index contributed by atoms with van der Waals surface area (Å²) in [6, 6.07) is 101. The van der Waals surface area contributed by atoms with Crippen LogP contribution in [0.2, 0.25) is 0 Å². The highest BCUT2D eigenvalue weighted by molar-refractivity contribution is 6.27. The third-order valence-corrected chi connectivity index (χ3v) is 19.8. The van der Waals surface area contributed by atoms with Crippen LogP contribution in [-0.4, -0.2) is 24.1 Å². The number of fused-ring (bicyclic) bond motifs is 20. The Morgan fingerprint density at radius 2 is 0.633 bits per heavy atom.